The van der Waals surface area contributed by atoms with Gasteiger partial charge in [-0.1, -0.05) is 64.5 Å². The van der Waals surface area contributed by atoms with Crippen molar-refractivity contribution in [3.63, 3.8) is 0 Å². The van der Waals surface area contributed by atoms with Crippen molar-refractivity contribution >= 4 is 6.34 Å². The van der Waals surface area contributed by atoms with E-state index in [1.165, 1.54) is 70.8 Å². The van der Waals surface area contributed by atoms with Crippen molar-refractivity contribution < 1.29 is 4.52 Å². The first-order valence-corrected chi connectivity index (χ1v) is 11.6. The van der Waals surface area contributed by atoms with E-state index in [1.54, 1.807) is 6.20 Å². The fourth-order valence-electron chi connectivity index (χ4n) is 2.90. The van der Waals surface area contributed by atoms with E-state index in [-0.39, 0.29) is 0 Å². The summed E-state index contributed by atoms with van der Waals surface area (Å²) in [6.07, 6.45) is 15.1. The van der Waals surface area contributed by atoms with Crippen LogP contribution in [0.4, 0.5) is 0 Å². The molecule has 1 aliphatic rings. The molecule has 0 radical (unpaired) electrons. The van der Waals surface area contributed by atoms with Gasteiger partial charge in [0.2, 0.25) is 12.2 Å². The second-order valence-corrected chi connectivity index (χ2v) is 7.98. The second kappa shape index (κ2) is 19.7. The van der Waals surface area contributed by atoms with Crippen LogP contribution >= 0.6 is 0 Å². The fourth-order valence-corrected chi connectivity index (χ4v) is 2.90. The maximum Gasteiger partial charge on any atom is 0.214 e. The molecule has 2 aromatic rings. The Balaban J connectivity index is 0.000000427. The predicted octanol–water partition coefficient (Wildman–Crippen LogP) is 5.71. The Morgan fingerprint density at radius 3 is 2.26 bits per heavy atom. The van der Waals surface area contributed by atoms with Crippen LogP contribution in [0.15, 0.2) is 29.2 Å². The lowest BCUT2D eigenvalue weighted by Crippen LogP contribution is -2.10. The van der Waals surface area contributed by atoms with Crippen LogP contribution in [0, 0.1) is 18.3 Å². The van der Waals surface area contributed by atoms with Gasteiger partial charge in [0.1, 0.15) is 0 Å². The molecule has 176 valence electrons. The highest BCUT2D eigenvalue weighted by Gasteiger charge is 2.03. The molecule has 0 aromatic carbocycles. The van der Waals surface area contributed by atoms with Gasteiger partial charge in [0.05, 0.1) is 6.34 Å². The zero-order valence-electron chi connectivity index (χ0n) is 20.3. The molecule has 0 aliphatic carbocycles. The number of hydrogen-bond acceptors (Lipinski definition) is 6. The van der Waals surface area contributed by atoms with Gasteiger partial charge in [0.25, 0.3) is 0 Å². The number of nitrogens with zero attached hydrogens (tertiary/aromatic N) is 4. The van der Waals surface area contributed by atoms with Gasteiger partial charge in [0, 0.05) is 17.5 Å². The lowest BCUT2D eigenvalue weighted by Gasteiger charge is -2.06. The van der Waals surface area contributed by atoms with Gasteiger partial charge >= 0.3 is 0 Å². The molecule has 0 spiro atoms. The normalized spacial score (nSPS) is 13.6. The molecule has 2 aromatic heterocycles. The minimum Gasteiger partial charge on any atom is -0.390 e. The molecule has 1 aliphatic heterocycles. The average molecular weight is 433 g/mol. The van der Waals surface area contributed by atoms with Crippen LogP contribution in [0.2, 0.25) is 0 Å². The molecule has 0 saturated carbocycles. The van der Waals surface area contributed by atoms with Crippen molar-refractivity contribution in [1.29, 1.82) is 5.41 Å². The van der Waals surface area contributed by atoms with Crippen molar-refractivity contribution in [1.82, 2.24) is 20.0 Å². The summed E-state index contributed by atoms with van der Waals surface area (Å²) in [5.74, 6) is 1.53. The van der Waals surface area contributed by atoms with Gasteiger partial charge in [-0.15, -0.1) is 0 Å². The number of nitrogens with one attached hydrogen (secondary N) is 1. The van der Waals surface area contributed by atoms with Gasteiger partial charge < -0.3 is 15.2 Å². The van der Waals surface area contributed by atoms with Gasteiger partial charge in [0.15, 0.2) is 0 Å². The van der Waals surface area contributed by atoms with E-state index in [9.17, 15) is 0 Å². The van der Waals surface area contributed by atoms with Crippen LogP contribution in [0.1, 0.15) is 77.8 Å². The number of aryl methyl sites for hydroxylation is 1. The van der Waals surface area contributed by atoms with E-state index in [2.05, 4.69) is 58.1 Å². The Morgan fingerprint density at radius 1 is 1.16 bits per heavy atom. The fraction of sp³-hybridized carbons (Fsp3) is 0.667. The first-order valence-electron chi connectivity index (χ1n) is 11.6. The third-order valence-electron chi connectivity index (χ3n) is 5.11. The van der Waals surface area contributed by atoms with E-state index >= 15 is 0 Å². The number of unbranched alkanes of at least 4 members (excludes halogenated alkanes) is 3. The maximum absolute atomic E-state index is 5.86. The van der Waals surface area contributed by atoms with Gasteiger partial charge in [-0.2, -0.15) is 4.98 Å². The van der Waals surface area contributed by atoms with Crippen LogP contribution in [-0.2, 0) is 0 Å². The maximum atomic E-state index is 5.86. The van der Waals surface area contributed by atoms with Crippen LogP contribution in [0.25, 0.3) is 11.4 Å². The van der Waals surface area contributed by atoms with Crippen LogP contribution in [-0.4, -0.2) is 46.5 Å². The highest BCUT2D eigenvalue weighted by atomic mass is 16.5. The Labute approximate surface area is 189 Å². The van der Waals surface area contributed by atoms with Crippen LogP contribution in [0.3, 0.4) is 0 Å². The number of hydrogen-bond donors (Lipinski definition) is 2. The monoisotopic (exact) mass is 432 g/mol. The summed E-state index contributed by atoms with van der Waals surface area (Å²) < 4.78 is 4.61. The molecule has 1 atom stereocenters. The Bertz CT molecular complexity index is 624. The van der Waals surface area contributed by atoms with Gasteiger partial charge in [-0.05, 0) is 58.0 Å². The third-order valence-corrected chi connectivity index (χ3v) is 5.11. The number of nitrogens with two attached hydrogens (primary N) is 1. The SMILES string of the molecule is CCCCCCC(C)CC.CN1CCCC1.Cc1ccc(-c2ncon2)cn1.N=CN. The van der Waals surface area contributed by atoms with E-state index in [4.69, 9.17) is 5.41 Å². The first-order chi connectivity index (χ1) is 15.0. The predicted molar refractivity (Wildman–Crippen MR) is 130 cm³/mol. The van der Waals surface area contributed by atoms with Crippen molar-refractivity contribution in [2.75, 3.05) is 20.1 Å². The smallest absolute Gasteiger partial charge is 0.214 e. The van der Waals surface area contributed by atoms with Crippen molar-refractivity contribution in [2.45, 2.75) is 79.1 Å². The molecular formula is C24H44N6O. The standard InChI is InChI=1S/C10H22.C8H7N3O.C5H11N.CH4N2/c1-4-6-7-8-9-10(3)5-2;1-6-2-3-7(4-9-6)8-10-5-12-11-8;1-6-4-2-3-5-6;2-1-3/h10H,4-9H2,1-3H3;2-5H,1H3;2-5H2,1H3;1H,(H3,2,3). The largest absolute Gasteiger partial charge is 0.390 e. The molecule has 1 unspecified atom stereocenters. The number of pyridine rings is 1. The van der Waals surface area contributed by atoms with Gasteiger partial charge in [-0.3, -0.25) is 10.4 Å². The topological polar surface area (TPSA) is 105 Å². The second-order valence-electron chi connectivity index (χ2n) is 7.98. The van der Waals surface area contributed by atoms with Crippen LogP contribution < -0.4 is 5.73 Å². The molecule has 3 heterocycles. The van der Waals surface area contributed by atoms with E-state index in [1.807, 2.05) is 19.1 Å². The van der Waals surface area contributed by atoms with Gasteiger partial charge in [-0.25, -0.2) is 0 Å². The Hall–Kier alpha value is -2.28. The summed E-state index contributed by atoms with van der Waals surface area (Å²) in [4.78, 5) is 10.4. The summed E-state index contributed by atoms with van der Waals surface area (Å²) in [5, 5.41) is 9.55. The first kappa shape index (κ1) is 28.7. The van der Waals surface area contributed by atoms with Crippen molar-refractivity contribution in [3.8, 4) is 11.4 Å². The molecule has 31 heavy (non-hydrogen) atoms. The molecule has 1 fully saturated rings. The van der Waals surface area contributed by atoms with Crippen LogP contribution in [0.5, 0.6) is 0 Å². The average Bonchev–Trinajstić information content (AvgIpc) is 3.47. The molecule has 7 nitrogen and oxygen atoms in total. The van der Waals surface area contributed by atoms with Crippen molar-refractivity contribution in [3.05, 3.63) is 30.4 Å². The summed E-state index contributed by atoms with van der Waals surface area (Å²) >= 11 is 0. The Morgan fingerprint density at radius 2 is 1.84 bits per heavy atom. The molecule has 3 rings (SSSR count). The molecule has 1 saturated heterocycles. The summed E-state index contributed by atoms with van der Waals surface area (Å²) in [6.45, 7) is 11.5. The highest BCUT2D eigenvalue weighted by molar-refractivity contribution is 5.51. The molecular weight excluding hydrogens is 388 g/mol. The third kappa shape index (κ3) is 16.1. The summed E-state index contributed by atoms with van der Waals surface area (Å²) in [7, 11) is 2.17. The van der Waals surface area contributed by atoms with Crippen molar-refractivity contribution in [2.24, 2.45) is 11.7 Å². The zero-order valence-corrected chi connectivity index (χ0v) is 20.3. The minimum absolute atomic E-state index is 0.572. The summed E-state index contributed by atoms with van der Waals surface area (Å²) in [6, 6.07) is 3.82. The molecule has 3 N–H and O–H groups in total. The number of rotatable bonds is 7. The quantitative estimate of drug-likeness (QED) is 0.330. The number of likely N-dealkylation sites (tertiary alicyclic amines) is 1. The zero-order chi connectivity index (χ0) is 23.3. The lowest BCUT2D eigenvalue weighted by atomic mass is 10.0. The van der Waals surface area contributed by atoms with E-state index in [0.717, 1.165) is 23.5 Å². The van der Waals surface area contributed by atoms with E-state index < -0.39 is 0 Å². The molecule has 0 amide bonds. The molecule has 0 bridgehead atoms. The number of aromatic nitrogens is 3. The minimum atomic E-state index is 0.572. The highest BCUT2D eigenvalue weighted by Crippen LogP contribution is 2.13. The van der Waals surface area contributed by atoms with E-state index in [0.29, 0.717) is 5.82 Å². The molecule has 7 heteroatoms. The summed E-state index contributed by atoms with van der Waals surface area (Å²) in [5.41, 5.74) is 6.23. The lowest BCUT2D eigenvalue weighted by molar-refractivity contribution is 0.418. The Kier molecular flexibility index (Phi) is 18.2.